The second kappa shape index (κ2) is 20.9. The number of nitrogens with one attached hydrogen (secondary N) is 3. The third kappa shape index (κ3) is 12.9. The fraction of sp³-hybridized carbons (Fsp3) is 0.163. The van der Waals surface area contributed by atoms with E-state index in [1.165, 1.54) is 0 Å². The molecule has 0 unspecified atom stereocenters. The molecule has 272 valence electrons. The van der Waals surface area contributed by atoms with Gasteiger partial charge in [0, 0.05) is 73.2 Å². The van der Waals surface area contributed by atoms with Crippen LogP contribution in [0.15, 0.2) is 191 Å². The lowest BCUT2D eigenvalue weighted by molar-refractivity contribution is -0.696. The van der Waals surface area contributed by atoms with E-state index in [-0.39, 0.29) is 0 Å². The molecule has 10 nitrogen and oxygen atoms in total. The Hall–Kier alpha value is -5.95. The Kier molecular flexibility index (Phi) is 14.6. The first-order chi connectivity index (χ1) is 26.7. The van der Waals surface area contributed by atoms with Gasteiger partial charge in [0.05, 0.1) is 15.9 Å². The smallest absolute Gasteiger partial charge is 0.196 e. The quantitative estimate of drug-likeness (QED) is 0.0189. The van der Waals surface area contributed by atoms with Gasteiger partial charge in [-0.3, -0.25) is 0 Å². The molecule has 0 saturated carbocycles. The maximum absolute atomic E-state index is 4.47. The van der Waals surface area contributed by atoms with Crippen LogP contribution in [0.4, 0.5) is 45.5 Å². The molecule has 0 saturated heterocycles. The number of hydrogen-bond acceptors (Lipinski definition) is 8. The summed E-state index contributed by atoms with van der Waals surface area (Å²) in [6.07, 6.45) is 14.4. The van der Waals surface area contributed by atoms with Gasteiger partial charge in [0.25, 0.3) is 0 Å². The molecule has 54 heavy (non-hydrogen) atoms. The highest BCUT2D eigenvalue weighted by atomic mass is 127. The minimum atomic E-state index is 0.808. The van der Waals surface area contributed by atoms with E-state index in [1.807, 2.05) is 152 Å². The Morgan fingerprint density at radius 1 is 0.519 bits per heavy atom. The number of alkyl halides is 1. The van der Waals surface area contributed by atoms with Crippen LogP contribution in [0.3, 0.4) is 0 Å². The van der Waals surface area contributed by atoms with Gasteiger partial charge in [-0.15, -0.1) is 10.2 Å². The van der Waals surface area contributed by atoms with E-state index in [2.05, 4.69) is 91.6 Å². The first kappa shape index (κ1) is 37.8. The molecule has 2 aromatic heterocycles. The fourth-order valence-electron chi connectivity index (χ4n) is 5.48. The molecule has 0 spiro atoms. The average Bonchev–Trinajstić information content (AvgIpc) is 3.22. The molecule has 2 heterocycles. The summed E-state index contributed by atoms with van der Waals surface area (Å²) in [6, 6.07) is 44.1. The highest BCUT2D eigenvalue weighted by Gasteiger charge is 2.06. The Bertz CT molecular complexity index is 2090. The van der Waals surface area contributed by atoms with Crippen molar-refractivity contribution in [3.63, 3.8) is 0 Å². The van der Waals surface area contributed by atoms with Crippen LogP contribution >= 0.6 is 22.6 Å². The number of halogens is 1. The number of aromatic nitrogens is 2. The molecule has 0 atom stereocenters. The van der Waals surface area contributed by atoms with Crippen LogP contribution in [0.5, 0.6) is 0 Å². The van der Waals surface area contributed by atoms with E-state index in [9.17, 15) is 0 Å². The van der Waals surface area contributed by atoms with Gasteiger partial charge in [0.1, 0.15) is 24.5 Å². The fourth-order valence-corrected chi connectivity index (χ4v) is 6.05. The van der Waals surface area contributed by atoms with Crippen LogP contribution in [0.1, 0.15) is 12.8 Å². The molecular formula is C43H45IN10+2. The highest BCUT2D eigenvalue weighted by molar-refractivity contribution is 14.1. The molecule has 0 aliphatic carbocycles. The number of para-hydroxylation sites is 2. The molecule has 0 aliphatic heterocycles. The van der Waals surface area contributed by atoms with Crippen molar-refractivity contribution in [1.82, 2.24) is 10.2 Å². The van der Waals surface area contributed by atoms with Gasteiger partial charge in [0.15, 0.2) is 24.8 Å². The maximum Gasteiger partial charge on any atom is 0.196 e. The Morgan fingerprint density at radius 3 is 1.48 bits per heavy atom. The number of anilines is 4. The van der Waals surface area contributed by atoms with E-state index in [0.29, 0.717) is 0 Å². The zero-order valence-corrected chi connectivity index (χ0v) is 32.3. The molecule has 0 fully saturated rings. The summed E-state index contributed by atoms with van der Waals surface area (Å²) in [5.41, 5.74) is 7.39. The minimum Gasteiger partial charge on any atom is -0.389 e. The van der Waals surface area contributed by atoms with Crippen molar-refractivity contribution in [3.8, 4) is 0 Å². The van der Waals surface area contributed by atoms with Crippen LogP contribution < -0.4 is 25.1 Å². The van der Waals surface area contributed by atoms with Crippen LogP contribution in [-0.4, -0.2) is 22.5 Å². The number of nitrogens with zero attached hydrogens (tertiary/aromatic N) is 7. The first-order valence-electron chi connectivity index (χ1n) is 18.0. The van der Waals surface area contributed by atoms with E-state index in [4.69, 9.17) is 0 Å². The van der Waals surface area contributed by atoms with Crippen molar-refractivity contribution >= 4 is 68.1 Å². The predicted molar refractivity (Wildman–Crippen MR) is 226 cm³/mol. The number of hydrogen-bond donors (Lipinski definition) is 3. The normalized spacial score (nSPS) is 11.4. The first-order valence-corrected chi connectivity index (χ1v) is 19.6. The summed E-state index contributed by atoms with van der Waals surface area (Å²) < 4.78 is 5.24. The van der Waals surface area contributed by atoms with Gasteiger partial charge in [-0.25, -0.2) is 9.13 Å². The largest absolute Gasteiger partial charge is 0.389 e. The second-order valence-corrected chi connectivity index (χ2v) is 13.2. The van der Waals surface area contributed by atoms with Crippen LogP contribution in [-0.2, 0) is 13.1 Å². The Balaban J connectivity index is 0.872. The van der Waals surface area contributed by atoms with Crippen LogP contribution in [0.25, 0.3) is 0 Å². The van der Waals surface area contributed by atoms with Crippen molar-refractivity contribution in [2.24, 2.45) is 20.5 Å². The number of aryl methyl sites for hydroxylation is 2. The lowest BCUT2D eigenvalue weighted by Gasteiger charge is -2.16. The van der Waals surface area contributed by atoms with Crippen molar-refractivity contribution in [2.45, 2.75) is 25.9 Å². The van der Waals surface area contributed by atoms with Crippen LogP contribution in [0.2, 0.25) is 0 Å². The third-order valence-electron chi connectivity index (χ3n) is 8.26. The SMILES string of the molecule is ICN(/C=C\NCCC[n+]1cccc(N=Nc2ccc(Nc3ccccc3)cc2)c1)CCC[n+]1cccc(N=Nc2ccc(Nc3ccccc3)cc2)c1. The highest BCUT2D eigenvalue weighted by Crippen LogP contribution is 2.23. The van der Waals surface area contributed by atoms with E-state index in [0.717, 1.165) is 89.1 Å². The topological polar surface area (TPSA) is 96.5 Å². The Morgan fingerprint density at radius 2 is 0.981 bits per heavy atom. The molecule has 0 aliphatic rings. The van der Waals surface area contributed by atoms with Crippen LogP contribution in [0, 0.1) is 0 Å². The molecule has 3 N–H and O–H groups in total. The third-order valence-corrected chi connectivity index (χ3v) is 9.14. The monoisotopic (exact) mass is 828 g/mol. The lowest BCUT2D eigenvalue weighted by Crippen LogP contribution is -2.34. The van der Waals surface area contributed by atoms with E-state index < -0.39 is 0 Å². The molecule has 6 rings (SSSR count). The van der Waals surface area contributed by atoms with Gasteiger partial charge < -0.3 is 20.9 Å². The summed E-state index contributed by atoms with van der Waals surface area (Å²) >= 11 is 2.41. The number of pyridine rings is 2. The van der Waals surface area contributed by atoms with Gasteiger partial charge in [-0.1, -0.05) is 59.0 Å². The molecule has 0 amide bonds. The second-order valence-electron chi connectivity index (χ2n) is 12.5. The van der Waals surface area contributed by atoms with Gasteiger partial charge in [-0.2, -0.15) is 10.2 Å². The van der Waals surface area contributed by atoms with E-state index >= 15 is 0 Å². The van der Waals surface area contributed by atoms with Crippen molar-refractivity contribution < 1.29 is 9.13 Å². The number of rotatable bonds is 19. The van der Waals surface area contributed by atoms with Gasteiger partial charge in [-0.05, 0) is 84.9 Å². The summed E-state index contributed by atoms with van der Waals surface area (Å²) in [5.74, 6) is 0. The number of azo groups is 2. The number of benzene rings is 4. The maximum atomic E-state index is 4.47. The summed E-state index contributed by atoms with van der Waals surface area (Å²) in [6.45, 7) is 3.61. The lowest BCUT2D eigenvalue weighted by atomic mass is 10.2. The molecular weight excluding hydrogens is 783 g/mol. The molecule has 0 radical (unpaired) electrons. The van der Waals surface area contributed by atoms with Crippen molar-refractivity contribution in [3.05, 3.63) is 171 Å². The summed E-state index contributed by atoms with van der Waals surface area (Å²) in [4.78, 5) is 2.31. The zero-order valence-electron chi connectivity index (χ0n) is 30.1. The molecule has 6 aromatic rings. The van der Waals surface area contributed by atoms with Gasteiger partial charge in [0.2, 0.25) is 0 Å². The molecule has 0 bridgehead atoms. The zero-order chi connectivity index (χ0) is 37.0. The standard InChI is InChI=1S/C43H45IN10/c44-35-54(31-10-30-53-28-8-16-43(34-53)51-49-41-23-19-39(20-24-41)47-37-13-5-2-6-14-37)32-26-45-25-9-29-52-27-7-15-42(33-52)50-48-40-21-17-38(18-22-40)46-36-11-3-1-4-12-36/h1-8,11-24,26-28,32-34,45-47H,9-10,25,29-31,35H2/q+2/b32-26-,50-48?,51-49?. The Labute approximate surface area is 331 Å². The summed E-state index contributed by atoms with van der Waals surface area (Å²) in [7, 11) is 0. The van der Waals surface area contributed by atoms with E-state index in [1.54, 1.807) is 0 Å². The van der Waals surface area contributed by atoms with Crippen molar-refractivity contribution in [1.29, 1.82) is 0 Å². The molecule has 11 heteroatoms. The van der Waals surface area contributed by atoms with Crippen molar-refractivity contribution in [2.75, 3.05) is 28.3 Å². The predicted octanol–water partition coefficient (Wildman–Crippen LogP) is 10.8. The minimum absolute atomic E-state index is 0.808. The molecule has 4 aromatic carbocycles. The average molecular weight is 829 g/mol. The summed E-state index contributed by atoms with van der Waals surface area (Å²) in [5, 5.41) is 28.0. The van der Waals surface area contributed by atoms with Gasteiger partial charge >= 0.3 is 0 Å².